The molecule has 2 atom stereocenters. The van der Waals surface area contributed by atoms with Crippen molar-refractivity contribution in [2.45, 2.75) is 60.5 Å². The Labute approximate surface area is 170 Å². The second kappa shape index (κ2) is 8.97. The zero-order valence-electron chi connectivity index (χ0n) is 15.0. The quantitative estimate of drug-likeness (QED) is 0.304. The number of rotatable bonds is 11. The highest BCUT2D eigenvalue weighted by Gasteiger charge is 2.89. The molecule has 0 rings (SSSR count). The summed E-state index contributed by atoms with van der Waals surface area (Å²) in [5.74, 6) is -40.7. The fourth-order valence-corrected chi connectivity index (χ4v) is 2.18. The van der Waals surface area contributed by atoms with Gasteiger partial charge in [-0.25, -0.2) is 4.39 Å². The smallest absolute Gasteiger partial charge is 0.395 e. The molecule has 0 aliphatic rings. The largest absolute Gasteiger partial charge is 0.481 e. The van der Waals surface area contributed by atoms with E-state index < -0.39 is 78.9 Å². The Morgan fingerprint density at radius 1 is 0.688 bits per heavy atom. The predicted molar refractivity (Wildman–Crippen MR) is 78.8 cm³/mol. The highest BCUT2D eigenvalue weighted by molar-refractivity contribution is 7.18. The van der Waals surface area contributed by atoms with E-state index in [1.165, 1.54) is 0 Å². The van der Waals surface area contributed by atoms with Gasteiger partial charge in [-0.2, -0.15) is 57.1 Å². The van der Waals surface area contributed by atoms with Gasteiger partial charge < -0.3 is 10.4 Å². The first-order valence-electron chi connectivity index (χ1n) is 7.69. The molecular weight excluding hydrogens is 515 g/mol. The van der Waals surface area contributed by atoms with E-state index in [0.717, 1.165) is 5.32 Å². The molecule has 0 radical (unpaired) electrons. The molecule has 0 aliphatic heterocycles. The Morgan fingerprint density at radius 2 is 1.09 bits per heavy atom. The molecule has 190 valence electrons. The normalized spacial score (nSPS) is 16.5. The van der Waals surface area contributed by atoms with Crippen molar-refractivity contribution in [3.63, 3.8) is 0 Å². The van der Waals surface area contributed by atoms with Crippen LogP contribution >= 0.6 is 9.24 Å². The lowest BCUT2D eigenvalue weighted by Gasteiger charge is -2.42. The molecule has 0 spiro atoms. The fourth-order valence-electron chi connectivity index (χ4n) is 1.89. The van der Waals surface area contributed by atoms with Crippen LogP contribution in [0.4, 0.5) is 61.5 Å². The van der Waals surface area contributed by atoms with Crippen LogP contribution in [0.3, 0.4) is 0 Å². The summed E-state index contributed by atoms with van der Waals surface area (Å²) in [7, 11) is 0.157. The molecule has 4 nitrogen and oxygen atoms in total. The van der Waals surface area contributed by atoms with Crippen molar-refractivity contribution in [2.75, 3.05) is 6.54 Å². The second-order valence-electron chi connectivity index (χ2n) is 6.33. The summed E-state index contributed by atoms with van der Waals surface area (Å²) in [6.07, 6.45) is -12.5. The van der Waals surface area contributed by atoms with Crippen LogP contribution in [-0.2, 0) is 9.59 Å². The Kier molecular flexibility index (Phi) is 8.52. The van der Waals surface area contributed by atoms with E-state index in [9.17, 15) is 71.1 Å². The van der Waals surface area contributed by atoms with E-state index in [2.05, 4.69) is 0 Å². The van der Waals surface area contributed by atoms with E-state index in [1.54, 1.807) is 0 Å². The van der Waals surface area contributed by atoms with Gasteiger partial charge in [0, 0.05) is 6.42 Å². The van der Waals surface area contributed by atoms with Crippen molar-refractivity contribution in [1.82, 2.24) is 5.32 Å². The summed E-state index contributed by atoms with van der Waals surface area (Å²) in [5.41, 5.74) is 0. The van der Waals surface area contributed by atoms with E-state index in [-0.39, 0.29) is 9.24 Å². The second-order valence-corrected chi connectivity index (χ2v) is 7.24. The van der Waals surface area contributed by atoms with Gasteiger partial charge in [0.05, 0.1) is 13.0 Å². The molecule has 0 aromatic rings. The molecule has 0 aromatic heterocycles. The van der Waals surface area contributed by atoms with Crippen LogP contribution in [0.5, 0.6) is 0 Å². The molecule has 2 unspecified atom stereocenters. The summed E-state index contributed by atoms with van der Waals surface area (Å²) in [5, 5.41) is 4.19. The molecular formula is C13H12F14NO3P. The van der Waals surface area contributed by atoms with Gasteiger partial charge >= 0.3 is 41.8 Å². The van der Waals surface area contributed by atoms with Gasteiger partial charge in [-0.1, -0.05) is 9.24 Å². The zero-order valence-corrected chi connectivity index (χ0v) is 16.1. The van der Waals surface area contributed by atoms with Crippen LogP contribution in [0.2, 0.25) is 0 Å². The van der Waals surface area contributed by atoms with Gasteiger partial charge in [-0.15, -0.1) is 0 Å². The highest BCUT2D eigenvalue weighted by Crippen LogP contribution is 2.61. The number of nitrogens with one attached hydrogen (secondary N) is 1. The highest BCUT2D eigenvalue weighted by atomic mass is 31.0. The van der Waals surface area contributed by atoms with Crippen molar-refractivity contribution in [2.24, 2.45) is 0 Å². The lowest BCUT2D eigenvalue weighted by molar-refractivity contribution is -0.415. The zero-order chi connectivity index (χ0) is 26.2. The van der Waals surface area contributed by atoms with Gasteiger partial charge in [0.15, 0.2) is 0 Å². The molecule has 2 N–H and O–H groups in total. The number of carbonyl (C=O) groups is 2. The number of carbonyl (C=O) groups excluding carboxylic acids is 1. The molecule has 0 aromatic carbocycles. The number of amides is 1. The third kappa shape index (κ3) is 5.84. The van der Waals surface area contributed by atoms with Gasteiger partial charge in [0.25, 0.3) is 0 Å². The van der Waals surface area contributed by atoms with Crippen molar-refractivity contribution in [1.29, 1.82) is 0 Å². The molecule has 0 saturated heterocycles. The van der Waals surface area contributed by atoms with Crippen molar-refractivity contribution in [3.8, 4) is 0 Å². The number of halogens is 14. The predicted octanol–water partition coefficient (Wildman–Crippen LogP) is 4.64. The number of hydrogen-bond donors (Lipinski definition) is 2. The molecule has 0 bridgehead atoms. The average Bonchev–Trinajstić information content (AvgIpc) is 2.55. The maximum atomic E-state index is 14.1. The molecule has 0 fully saturated rings. The van der Waals surface area contributed by atoms with Gasteiger partial charge in [0.2, 0.25) is 11.3 Å². The van der Waals surface area contributed by atoms with E-state index in [4.69, 9.17) is 5.11 Å². The topological polar surface area (TPSA) is 66.4 Å². The van der Waals surface area contributed by atoms with E-state index in [1.807, 2.05) is 0 Å². The monoisotopic (exact) mass is 527 g/mol. The molecule has 0 aliphatic carbocycles. The minimum atomic E-state index is -7.94. The number of carboxylic acids is 1. The van der Waals surface area contributed by atoms with Gasteiger partial charge in [-0.05, 0) is 0 Å². The first-order valence-corrected chi connectivity index (χ1v) is 8.26. The Hall–Kier alpha value is -1.61. The molecule has 32 heavy (non-hydrogen) atoms. The van der Waals surface area contributed by atoms with Crippen molar-refractivity contribution in [3.05, 3.63) is 0 Å². The average molecular weight is 527 g/mol. The Morgan fingerprint density at radius 3 is 1.47 bits per heavy atom. The van der Waals surface area contributed by atoms with E-state index >= 15 is 0 Å². The van der Waals surface area contributed by atoms with Crippen LogP contribution < -0.4 is 5.32 Å². The first kappa shape index (κ1) is 30.4. The third-order valence-electron chi connectivity index (χ3n) is 3.70. The molecule has 19 heteroatoms. The van der Waals surface area contributed by atoms with E-state index in [0.29, 0.717) is 0 Å². The van der Waals surface area contributed by atoms with Crippen LogP contribution in [0.15, 0.2) is 0 Å². The standard InChI is InChI=1S/C13H12F14NO3P/c14-7(15,3-9(17,18)19)10(20,21)12(24,25)13(26,27)11(22,23)8(16,32)4-28-5(29)1-2-6(30)31/h1-4,32H2,(H,28,29)(H,30,31). The minimum absolute atomic E-state index is 0.157. The van der Waals surface area contributed by atoms with Gasteiger partial charge in [-0.3, -0.25) is 9.59 Å². The summed E-state index contributed by atoms with van der Waals surface area (Å²) in [6, 6.07) is 0. The molecule has 0 heterocycles. The summed E-state index contributed by atoms with van der Waals surface area (Å²) in [4.78, 5) is 21.3. The molecule has 1 amide bonds. The number of aliphatic carboxylic acids is 1. The van der Waals surface area contributed by atoms with Crippen molar-refractivity contribution >= 4 is 21.1 Å². The van der Waals surface area contributed by atoms with Crippen LogP contribution in [0, 0.1) is 0 Å². The lowest BCUT2D eigenvalue weighted by atomic mass is 9.90. The maximum absolute atomic E-state index is 14.1. The van der Waals surface area contributed by atoms with Crippen molar-refractivity contribution < 1.29 is 76.2 Å². The molecule has 0 saturated carbocycles. The third-order valence-corrected chi connectivity index (χ3v) is 4.26. The summed E-state index contributed by atoms with van der Waals surface area (Å²) >= 11 is 0. The van der Waals surface area contributed by atoms with Crippen LogP contribution in [0.1, 0.15) is 19.3 Å². The van der Waals surface area contributed by atoms with Gasteiger partial charge in [0.1, 0.15) is 6.42 Å². The Balaban J connectivity index is 5.99. The summed E-state index contributed by atoms with van der Waals surface area (Å²) < 4.78 is 185. The van der Waals surface area contributed by atoms with Crippen LogP contribution in [-0.4, -0.2) is 64.7 Å². The summed E-state index contributed by atoms with van der Waals surface area (Å²) in [6.45, 7) is -2.36. The minimum Gasteiger partial charge on any atom is -0.481 e. The maximum Gasteiger partial charge on any atom is 0.395 e. The number of carboxylic acid groups (broad SMARTS) is 1. The first-order chi connectivity index (χ1) is 13.8. The number of alkyl halides is 14. The fraction of sp³-hybridized carbons (Fsp3) is 0.846. The SMILES string of the molecule is O=C(O)CCC(=O)NCC(F)(P)C(F)(F)C(F)(F)C(F)(F)C(F)(F)C(F)(F)CC(F)(F)F. The van der Waals surface area contributed by atoms with Crippen LogP contribution in [0.25, 0.3) is 0 Å². The Bertz CT molecular complexity index is 706. The lowest BCUT2D eigenvalue weighted by Crippen LogP contribution is -2.71. The number of hydrogen-bond acceptors (Lipinski definition) is 2.